The number of Topliss-reactive ketones (excluding diaryl/α,β-unsaturated/α-hetero) is 3. The van der Waals surface area contributed by atoms with E-state index in [1.165, 1.54) is 57.7 Å². The Kier molecular flexibility index (Phi) is 23.3. The van der Waals surface area contributed by atoms with Crippen LogP contribution in [0.3, 0.4) is 0 Å². The molecule has 0 bridgehead atoms. The van der Waals surface area contributed by atoms with Gasteiger partial charge in [0, 0.05) is 45.3 Å². The molecule has 71 heavy (non-hydrogen) atoms. The Morgan fingerprint density at radius 2 is 0.859 bits per heavy atom. The summed E-state index contributed by atoms with van der Waals surface area (Å²) in [4.78, 5) is 106. The lowest BCUT2D eigenvalue weighted by Crippen LogP contribution is -2.42. The summed E-state index contributed by atoms with van der Waals surface area (Å²) in [7, 11) is 4.11. The number of nitrogens with one attached hydrogen (secondary N) is 3. The maximum absolute atomic E-state index is 14.2. The summed E-state index contributed by atoms with van der Waals surface area (Å²) in [5.41, 5.74) is 39.6. The first kappa shape index (κ1) is 57.1. The normalized spacial score (nSPS) is 11.9. The highest BCUT2D eigenvalue weighted by atomic mass is 16.5. The summed E-state index contributed by atoms with van der Waals surface area (Å²) in [5, 5.41) is 8.29. The van der Waals surface area contributed by atoms with Gasteiger partial charge < -0.3 is 70.3 Å². The SMILES string of the molecule is COc1ccc(CC(=O)[C@H](CCCN=C(N)N)NC(=O)c2cc(CC(=O)[C@H](CCCN=C(N)N)NC(=O)c3cc(CC(=O)[C@H](C)NC(=O)CCCCN=C(N)N)ccc3OC)ccc2OC)cc1C(N)=O. The van der Waals surface area contributed by atoms with Crippen LogP contribution in [0, 0.1) is 0 Å². The minimum Gasteiger partial charge on any atom is -0.496 e. The van der Waals surface area contributed by atoms with Crippen molar-refractivity contribution >= 4 is 58.9 Å². The van der Waals surface area contributed by atoms with E-state index in [0.29, 0.717) is 42.5 Å². The number of nitrogens with two attached hydrogens (primary N) is 7. The highest BCUT2D eigenvalue weighted by molar-refractivity contribution is 6.02. The van der Waals surface area contributed by atoms with Crippen LogP contribution in [-0.4, -0.2) is 118 Å². The number of benzene rings is 3. The number of rotatable bonds is 31. The van der Waals surface area contributed by atoms with Gasteiger partial charge in [-0.2, -0.15) is 0 Å². The van der Waals surface area contributed by atoms with Crippen LogP contribution in [0.25, 0.3) is 0 Å². The molecule has 0 saturated heterocycles. The van der Waals surface area contributed by atoms with E-state index in [2.05, 4.69) is 30.9 Å². The van der Waals surface area contributed by atoms with E-state index in [1.54, 1.807) is 25.1 Å². The fourth-order valence-corrected chi connectivity index (χ4v) is 7.25. The summed E-state index contributed by atoms with van der Waals surface area (Å²) < 4.78 is 16.2. The van der Waals surface area contributed by atoms with Gasteiger partial charge in [0.25, 0.3) is 17.7 Å². The Morgan fingerprint density at radius 3 is 1.24 bits per heavy atom. The molecule has 3 atom stereocenters. The number of carbonyl (C=O) groups excluding carboxylic acids is 7. The molecule has 0 saturated carbocycles. The van der Waals surface area contributed by atoms with Crippen LogP contribution in [0.4, 0.5) is 0 Å². The average molecular weight is 986 g/mol. The van der Waals surface area contributed by atoms with Crippen molar-refractivity contribution < 1.29 is 47.8 Å². The fraction of sp³-hybridized carbons (Fsp3) is 0.417. The summed E-state index contributed by atoms with van der Waals surface area (Å²) in [6, 6.07) is 10.8. The van der Waals surface area contributed by atoms with Gasteiger partial charge in [0.2, 0.25) is 5.91 Å². The van der Waals surface area contributed by atoms with E-state index in [9.17, 15) is 33.6 Å². The van der Waals surface area contributed by atoms with Crippen LogP contribution in [-0.2, 0) is 38.4 Å². The number of aliphatic imine (C=N–C) groups is 3. The van der Waals surface area contributed by atoms with Gasteiger partial charge >= 0.3 is 0 Å². The van der Waals surface area contributed by atoms with E-state index < -0.39 is 47.4 Å². The van der Waals surface area contributed by atoms with E-state index in [4.69, 9.17) is 54.3 Å². The molecule has 384 valence electrons. The maximum atomic E-state index is 14.2. The fourth-order valence-electron chi connectivity index (χ4n) is 7.25. The predicted molar refractivity (Wildman–Crippen MR) is 268 cm³/mol. The number of guanidine groups is 3. The summed E-state index contributed by atoms with van der Waals surface area (Å²) in [6.07, 6.45) is 1.54. The number of hydrogen-bond acceptors (Lipinski definition) is 13. The Bertz CT molecular complexity index is 2460. The number of ketones is 3. The average Bonchev–Trinajstić information content (AvgIpc) is 3.32. The Morgan fingerprint density at radius 1 is 0.493 bits per heavy atom. The van der Waals surface area contributed by atoms with Crippen molar-refractivity contribution in [1.29, 1.82) is 0 Å². The first-order chi connectivity index (χ1) is 33.8. The van der Waals surface area contributed by atoms with Crippen molar-refractivity contribution in [2.24, 2.45) is 55.1 Å². The van der Waals surface area contributed by atoms with Crippen LogP contribution in [0.15, 0.2) is 69.6 Å². The van der Waals surface area contributed by atoms with Gasteiger partial charge in [0.15, 0.2) is 35.2 Å². The molecular weight excluding hydrogens is 919 g/mol. The largest absolute Gasteiger partial charge is 0.496 e. The lowest BCUT2D eigenvalue weighted by Gasteiger charge is -2.20. The van der Waals surface area contributed by atoms with Gasteiger partial charge in [0.05, 0.1) is 56.1 Å². The van der Waals surface area contributed by atoms with Gasteiger partial charge in [-0.1, -0.05) is 18.2 Å². The third-order valence-electron chi connectivity index (χ3n) is 10.9. The van der Waals surface area contributed by atoms with Crippen molar-refractivity contribution in [2.45, 2.75) is 89.3 Å². The zero-order valence-electron chi connectivity index (χ0n) is 40.6. The Labute approximate surface area is 412 Å². The Hall–Kier alpha value is -8.24. The summed E-state index contributed by atoms with van der Waals surface area (Å²) >= 11 is 0. The topological polar surface area (TPSA) is 402 Å². The number of methoxy groups -OCH3 is 3. The molecule has 0 heterocycles. The summed E-state index contributed by atoms with van der Waals surface area (Å²) in [5.74, 6) is -3.35. The number of unbranched alkanes of at least 4 members (excludes halogenated alkanes) is 1. The second kappa shape index (κ2) is 28.9. The molecule has 0 spiro atoms. The molecule has 4 amide bonds. The molecule has 0 aliphatic carbocycles. The van der Waals surface area contributed by atoms with E-state index >= 15 is 0 Å². The molecule has 0 aliphatic heterocycles. The third-order valence-corrected chi connectivity index (χ3v) is 10.9. The van der Waals surface area contributed by atoms with Gasteiger partial charge in [-0.25, -0.2) is 0 Å². The first-order valence-corrected chi connectivity index (χ1v) is 22.7. The molecule has 23 nitrogen and oxygen atoms in total. The van der Waals surface area contributed by atoms with Crippen molar-refractivity contribution in [1.82, 2.24) is 16.0 Å². The number of carbonyl (C=O) groups is 7. The third kappa shape index (κ3) is 19.4. The van der Waals surface area contributed by atoms with Crippen LogP contribution in [0.1, 0.15) is 99.6 Å². The van der Waals surface area contributed by atoms with Crippen molar-refractivity contribution in [2.75, 3.05) is 41.0 Å². The summed E-state index contributed by atoms with van der Waals surface area (Å²) in [6.45, 7) is 2.27. The minimum absolute atomic E-state index is 0.0122. The Balaban J connectivity index is 1.85. The van der Waals surface area contributed by atoms with Gasteiger partial charge in [-0.05, 0) is 98.5 Å². The molecular formula is C48H67N13O10. The molecule has 3 aromatic carbocycles. The minimum atomic E-state index is -1.10. The zero-order valence-corrected chi connectivity index (χ0v) is 40.6. The van der Waals surface area contributed by atoms with Crippen molar-refractivity contribution in [3.63, 3.8) is 0 Å². The number of primary amides is 1. The molecule has 0 aliphatic rings. The highest BCUT2D eigenvalue weighted by Gasteiger charge is 2.27. The number of nitrogens with zero attached hydrogens (tertiary/aromatic N) is 3. The number of amides is 4. The molecule has 0 unspecified atom stereocenters. The number of hydrogen-bond donors (Lipinski definition) is 10. The standard InChI is InChI=1S/C48H67N13O10/c1-27(59-42(65)11-5-6-18-56-46(50)51)36(62)24-29-13-16-40(70-3)32(22-29)44(67)61-35(10-8-20-58-48(54)55)38(64)26-30-14-17-41(71-4)33(23-30)45(68)60-34(9-7-19-57-47(52)53)37(63)25-28-12-15-39(69-2)31(21-28)43(49)66/h12-17,21-23,27,34-35H,5-11,18-20,24-26H2,1-4H3,(H2,49,66)(H,59,65)(H,60,68)(H,61,67)(H4,50,51,56)(H4,52,53,57)(H4,54,55,58)/t27-,34-,35-/m0/s1. The lowest BCUT2D eigenvalue weighted by atomic mass is 9.96. The molecule has 0 fully saturated rings. The van der Waals surface area contributed by atoms with E-state index in [0.717, 1.165) is 0 Å². The van der Waals surface area contributed by atoms with Gasteiger partial charge in [0.1, 0.15) is 17.2 Å². The molecule has 3 rings (SSSR count). The molecule has 0 aromatic heterocycles. The monoisotopic (exact) mass is 986 g/mol. The number of ether oxygens (including phenoxy) is 3. The lowest BCUT2D eigenvalue weighted by molar-refractivity contribution is -0.127. The quantitative estimate of drug-likeness (QED) is 0.0227. The van der Waals surface area contributed by atoms with Crippen LogP contribution < -0.4 is 70.3 Å². The maximum Gasteiger partial charge on any atom is 0.255 e. The second-order valence-corrected chi connectivity index (χ2v) is 16.4. The molecule has 0 radical (unpaired) electrons. The molecule has 23 heteroatoms. The second-order valence-electron chi connectivity index (χ2n) is 16.4. The highest BCUT2D eigenvalue weighted by Crippen LogP contribution is 2.25. The molecule has 3 aromatic rings. The smallest absolute Gasteiger partial charge is 0.255 e. The molecule has 17 N–H and O–H groups in total. The predicted octanol–water partition coefficient (Wildman–Crippen LogP) is -0.201. The van der Waals surface area contributed by atoms with Crippen molar-refractivity contribution in [3.05, 3.63) is 88.0 Å². The van der Waals surface area contributed by atoms with Crippen LogP contribution in [0.5, 0.6) is 17.2 Å². The zero-order chi connectivity index (χ0) is 52.6. The van der Waals surface area contributed by atoms with Gasteiger partial charge in [-0.3, -0.25) is 48.5 Å². The first-order valence-electron chi connectivity index (χ1n) is 22.7. The van der Waals surface area contributed by atoms with Crippen molar-refractivity contribution in [3.8, 4) is 17.2 Å². The van der Waals surface area contributed by atoms with Gasteiger partial charge in [-0.15, -0.1) is 0 Å². The van der Waals surface area contributed by atoms with E-state index in [-0.39, 0.29) is 122 Å². The van der Waals surface area contributed by atoms with Crippen LogP contribution >= 0.6 is 0 Å². The van der Waals surface area contributed by atoms with Crippen LogP contribution in [0.2, 0.25) is 0 Å². The van der Waals surface area contributed by atoms with E-state index in [1.807, 2.05) is 0 Å².